The van der Waals surface area contributed by atoms with Crippen LogP contribution >= 0.6 is 0 Å². The third-order valence-electron chi connectivity index (χ3n) is 2.56. The predicted molar refractivity (Wildman–Crippen MR) is 50.3 cm³/mol. The second-order valence-electron chi connectivity index (χ2n) is 3.69. The Kier molecular flexibility index (Phi) is 4.67. The van der Waals surface area contributed by atoms with E-state index in [9.17, 15) is 0 Å². The van der Waals surface area contributed by atoms with E-state index in [0.29, 0.717) is 0 Å². The van der Waals surface area contributed by atoms with Crippen LogP contribution in [0.2, 0.25) is 0 Å². The Labute approximate surface area is 90.1 Å². The number of hydrogen-bond donors (Lipinski definition) is 0. The molecule has 0 unspecified atom stereocenters. The maximum absolute atomic E-state index is 8.63. The molecule has 0 aromatic rings. The normalized spacial score (nSPS) is 18.8. The fourth-order valence-electron chi connectivity index (χ4n) is 1.41. The van der Waals surface area contributed by atoms with Gasteiger partial charge in [-0.05, 0) is 0 Å². The fraction of sp³-hybridized carbons (Fsp3) is 0.545. The summed E-state index contributed by atoms with van der Waals surface area (Å²) >= 11 is 1.92. The summed E-state index contributed by atoms with van der Waals surface area (Å²) in [6, 6.07) is 0. The molecule has 0 aliphatic heterocycles. The molecule has 0 heterocycles. The van der Waals surface area contributed by atoms with Gasteiger partial charge in [-0.2, -0.15) is 11.1 Å². The van der Waals surface area contributed by atoms with Crippen molar-refractivity contribution in [3.05, 3.63) is 22.8 Å². The fourth-order valence-corrected chi connectivity index (χ4v) is 1.41. The number of hydrogen-bond acceptors (Lipinski definition) is 1. The van der Waals surface area contributed by atoms with Crippen molar-refractivity contribution in [2.45, 2.75) is 34.6 Å². The molecule has 1 nitrogen and oxygen atoms in total. The van der Waals surface area contributed by atoms with E-state index >= 15 is 0 Å². The molecule has 1 aliphatic carbocycles. The Hall–Kier alpha value is -0.317. The van der Waals surface area contributed by atoms with Gasteiger partial charge in [0.15, 0.2) is 0 Å². The first-order valence-corrected chi connectivity index (χ1v) is 4.94. The van der Waals surface area contributed by atoms with Crippen molar-refractivity contribution < 1.29 is 22.6 Å². The van der Waals surface area contributed by atoms with E-state index < -0.39 is 0 Å². The van der Waals surface area contributed by atoms with E-state index in [1.165, 1.54) is 21.2 Å². The molecule has 0 saturated carbocycles. The van der Waals surface area contributed by atoms with Crippen LogP contribution in [-0.2, 0) is 22.6 Å². The van der Waals surface area contributed by atoms with Crippen LogP contribution in [0.5, 0.6) is 0 Å². The second-order valence-corrected chi connectivity index (χ2v) is 4.03. The molecule has 0 fully saturated rings. The quantitative estimate of drug-likeness (QED) is 0.486. The van der Waals surface area contributed by atoms with Gasteiger partial charge in [0, 0.05) is 0 Å². The van der Waals surface area contributed by atoms with Crippen molar-refractivity contribution in [2.24, 2.45) is 5.41 Å². The molecule has 0 amide bonds. The zero-order valence-corrected chi connectivity index (χ0v) is 10.4. The molecule has 0 atom stereocenters. The van der Waals surface area contributed by atoms with E-state index in [1.807, 2.05) is 17.9 Å². The molecule has 0 aromatic heterocycles. The van der Waals surface area contributed by atoms with Crippen LogP contribution in [0.25, 0.3) is 0 Å². The van der Waals surface area contributed by atoms with Gasteiger partial charge in [0.05, 0.1) is 0 Å². The van der Waals surface area contributed by atoms with Crippen molar-refractivity contribution in [3.63, 3.8) is 0 Å². The molecular formula is C11H15ORh-. The van der Waals surface area contributed by atoms with E-state index in [4.69, 9.17) is 4.79 Å². The molecule has 0 saturated heterocycles. The van der Waals surface area contributed by atoms with Crippen molar-refractivity contribution in [1.82, 2.24) is 0 Å². The Balaban J connectivity index is 0.000000424. The van der Waals surface area contributed by atoms with Crippen molar-refractivity contribution in [3.8, 4) is 0 Å². The molecule has 1 rings (SSSR count). The van der Waals surface area contributed by atoms with Gasteiger partial charge < -0.3 is 0 Å². The van der Waals surface area contributed by atoms with Crippen LogP contribution in [0.4, 0.5) is 0 Å². The van der Waals surface area contributed by atoms with Gasteiger partial charge in [-0.15, -0.1) is 6.92 Å². The van der Waals surface area contributed by atoms with Crippen LogP contribution in [0, 0.1) is 11.5 Å². The Morgan fingerprint density at radius 1 is 1.31 bits per heavy atom. The Bertz CT molecular complexity index is 289. The zero-order chi connectivity index (χ0) is 10.6. The summed E-state index contributed by atoms with van der Waals surface area (Å²) in [6.07, 6.45) is 3.44. The van der Waals surface area contributed by atoms with Gasteiger partial charge in [-0.1, -0.05) is 33.1 Å². The first-order chi connectivity index (χ1) is 5.86. The molecule has 0 spiro atoms. The van der Waals surface area contributed by atoms with Crippen molar-refractivity contribution in [2.75, 3.05) is 0 Å². The molecule has 0 radical (unpaired) electrons. The van der Waals surface area contributed by atoms with Crippen LogP contribution in [0.1, 0.15) is 34.6 Å². The molecule has 75 valence electrons. The second kappa shape index (κ2) is 4.79. The monoisotopic (exact) mass is 266 g/mol. The Morgan fingerprint density at radius 2 is 1.69 bits per heavy atom. The van der Waals surface area contributed by atoms with Crippen LogP contribution in [0.15, 0.2) is 16.7 Å². The first kappa shape index (κ1) is 12.7. The molecule has 0 bridgehead atoms. The third-order valence-corrected chi connectivity index (χ3v) is 2.56. The molecule has 2 heteroatoms. The number of allylic oxidation sites excluding steroid dienone is 4. The third kappa shape index (κ3) is 3.14. The standard InChI is InChI=1S/C10H15.CO.Rh/c1-7-6-10(4,5)9(3)8(7)2;1-2;/h1-5H3;;/q-1;;. The van der Waals surface area contributed by atoms with Crippen LogP contribution < -0.4 is 0 Å². The van der Waals surface area contributed by atoms with Gasteiger partial charge in [-0.25, -0.2) is 5.57 Å². The number of carbonyl (C=O) groups excluding carboxylic acids is 1. The van der Waals surface area contributed by atoms with E-state index in [-0.39, 0.29) is 5.41 Å². The zero-order valence-electron chi connectivity index (χ0n) is 8.74. The minimum absolute atomic E-state index is 0.189. The molecule has 1 aliphatic rings. The van der Waals surface area contributed by atoms with Crippen molar-refractivity contribution in [1.29, 1.82) is 0 Å². The Morgan fingerprint density at radius 3 is 1.77 bits per heavy atom. The average Bonchev–Trinajstić information content (AvgIpc) is 2.16. The topological polar surface area (TPSA) is 17.1 Å². The van der Waals surface area contributed by atoms with E-state index in [2.05, 4.69) is 40.7 Å². The van der Waals surface area contributed by atoms with Gasteiger partial charge in [0.25, 0.3) is 0 Å². The summed E-state index contributed by atoms with van der Waals surface area (Å²) in [5, 5.41) is 0. The summed E-state index contributed by atoms with van der Waals surface area (Å²) in [7, 11) is 0. The van der Waals surface area contributed by atoms with Gasteiger partial charge in [0.2, 0.25) is 0 Å². The van der Waals surface area contributed by atoms with Gasteiger partial charge in [-0.3, -0.25) is 6.08 Å². The summed E-state index contributed by atoms with van der Waals surface area (Å²) < 4.78 is 1.39. The minimum atomic E-state index is 0.189. The van der Waals surface area contributed by atoms with Crippen molar-refractivity contribution >= 4 is 4.47 Å². The van der Waals surface area contributed by atoms with E-state index in [0.717, 1.165) is 0 Å². The number of rotatable bonds is 0. The SMILES string of the molecule is CC1=[C-]C(C)(C)C(C)=C1C.O=[C]=[Rh]. The average molecular weight is 266 g/mol. The first-order valence-electron chi connectivity index (χ1n) is 4.12. The molecule has 0 aromatic carbocycles. The molecular weight excluding hydrogens is 251 g/mol. The predicted octanol–water partition coefficient (Wildman–Crippen LogP) is 2.71. The molecule has 13 heavy (non-hydrogen) atoms. The molecule has 0 N–H and O–H groups in total. The maximum atomic E-state index is 8.63. The van der Waals surface area contributed by atoms with Crippen LogP contribution in [0.3, 0.4) is 0 Å². The summed E-state index contributed by atoms with van der Waals surface area (Å²) in [5.74, 6) is 0. The van der Waals surface area contributed by atoms with E-state index in [1.54, 1.807) is 0 Å². The summed E-state index contributed by atoms with van der Waals surface area (Å²) in [6.45, 7) is 10.9. The van der Waals surface area contributed by atoms with Gasteiger partial charge >= 0.3 is 27.1 Å². The summed E-state index contributed by atoms with van der Waals surface area (Å²) in [5.41, 5.74) is 4.39. The summed E-state index contributed by atoms with van der Waals surface area (Å²) in [4.78, 5) is 8.63. The van der Waals surface area contributed by atoms with Gasteiger partial charge in [0.1, 0.15) is 0 Å². The van der Waals surface area contributed by atoms with Crippen LogP contribution in [-0.4, -0.2) is 4.47 Å².